The average Bonchev–Trinajstić information content (AvgIpc) is 2.49. The van der Waals surface area contributed by atoms with Gasteiger partial charge in [-0.05, 0) is 32.0 Å². The number of fused-ring (bicyclic) bond motifs is 1. The topological polar surface area (TPSA) is 90.3 Å². The number of halogens is 1. The lowest BCUT2D eigenvalue weighted by Crippen LogP contribution is -2.51. The number of benzene rings is 1. The zero-order chi connectivity index (χ0) is 17.2. The summed E-state index contributed by atoms with van der Waals surface area (Å²) in [5, 5.41) is 2.54. The summed E-state index contributed by atoms with van der Waals surface area (Å²) in [4.78, 5) is 39.8. The van der Waals surface area contributed by atoms with Crippen molar-refractivity contribution < 1.29 is 18.7 Å². The fourth-order valence-corrected chi connectivity index (χ4v) is 2.09. The minimum absolute atomic E-state index is 0.0764. The largest absolute Gasteiger partial charge is 0.467 e. The highest BCUT2D eigenvalue weighted by Crippen LogP contribution is 2.09. The lowest BCUT2D eigenvalue weighted by Gasteiger charge is -2.23. The van der Waals surface area contributed by atoms with Crippen molar-refractivity contribution in [1.82, 2.24) is 14.9 Å². The van der Waals surface area contributed by atoms with Crippen molar-refractivity contribution in [1.29, 1.82) is 0 Å². The molecular formula is C15H16FN3O4. The number of rotatable bonds is 4. The monoisotopic (exact) mass is 321 g/mol. The normalized spacial score (nSPS) is 11.3. The number of methoxy groups -OCH3 is 1. The van der Waals surface area contributed by atoms with Gasteiger partial charge in [0.2, 0.25) is 5.91 Å². The summed E-state index contributed by atoms with van der Waals surface area (Å²) in [5.41, 5.74) is -1.44. The molecule has 0 aliphatic carbocycles. The quantitative estimate of drug-likeness (QED) is 0.833. The van der Waals surface area contributed by atoms with E-state index in [0.29, 0.717) is 5.52 Å². The van der Waals surface area contributed by atoms with E-state index in [1.54, 1.807) is 0 Å². The molecule has 0 aliphatic rings. The van der Waals surface area contributed by atoms with Crippen LogP contribution in [0, 0.1) is 5.82 Å². The fraction of sp³-hybridized carbons (Fsp3) is 0.333. The van der Waals surface area contributed by atoms with Crippen molar-refractivity contribution in [3.63, 3.8) is 0 Å². The van der Waals surface area contributed by atoms with Gasteiger partial charge in [0.05, 0.1) is 24.3 Å². The predicted molar refractivity (Wildman–Crippen MR) is 80.2 cm³/mol. The van der Waals surface area contributed by atoms with E-state index < -0.39 is 28.8 Å². The molecule has 0 bridgehead atoms. The molecule has 1 aromatic carbocycles. The third-order valence-electron chi connectivity index (χ3n) is 3.25. The number of hydrogen-bond acceptors (Lipinski definition) is 5. The number of hydrogen-bond donors (Lipinski definition) is 1. The number of aromatic nitrogens is 2. The molecule has 122 valence electrons. The van der Waals surface area contributed by atoms with Gasteiger partial charge in [-0.25, -0.2) is 14.2 Å². The maximum absolute atomic E-state index is 13.3. The van der Waals surface area contributed by atoms with E-state index in [4.69, 9.17) is 0 Å². The van der Waals surface area contributed by atoms with Gasteiger partial charge < -0.3 is 10.1 Å². The van der Waals surface area contributed by atoms with Crippen LogP contribution in [0.25, 0.3) is 10.9 Å². The second kappa shape index (κ2) is 6.15. The molecule has 0 saturated carbocycles. The van der Waals surface area contributed by atoms with Crippen molar-refractivity contribution in [2.75, 3.05) is 7.11 Å². The molecule has 1 N–H and O–H groups in total. The second-order valence-corrected chi connectivity index (χ2v) is 5.50. The van der Waals surface area contributed by atoms with Gasteiger partial charge >= 0.3 is 5.97 Å². The van der Waals surface area contributed by atoms with Crippen molar-refractivity contribution in [2.24, 2.45) is 0 Å². The van der Waals surface area contributed by atoms with Crippen LogP contribution in [0.5, 0.6) is 0 Å². The molecule has 0 aliphatic heterocycles. The lowest BCUT2D eigenvalue weighted by atomic mass is 10.1. The minimum atomic E-state index is -1.23. The zero-order valence-electron chi connectivity index (χ0n) is 12.9. The first kappa shape index (κ1) is 16.6. The Kier molecular flexibility index (Phi) is 4.44. The highest BCUT2D eigenvalue weighted by molar-refractivity contribution is 5.87. The van der Waals surface area contributed by atoms with Gasteiger partial charge in [-0.3, -0.25) is 14.2 Å². The third-order valence-corrected chi connectivity index (χ3v) is 3.25. The second-order valence-electron chi connectivity index (χ2n) is 5.50. The third kappa shape index (κ3) is 3.53. The van der Waals surface area contributed by atoms with Gasteiger partial charge in [0.1, 0.15) is 17.9 Å². The Morgan fingerprint density at radius 2 is 2.09 bits per heavy atom. The number of nitrogens with one attached hydrogen (secondary N) is 1. The van der Waals surface area contributed by atoms with E-state index in [-0.39, 0.29) is 11.9 Å². The summed E-state index contributed by atoms with van der Waals surface area (Å²) in [6.07, 6.45) is 1.20. The molecule has 7 nitrogen and oxygen atoms in total. The molecule has 23 heavy (non-hydrogen) atoms. The van der Waals surface area contributed by atoms with Crippen molar-refractivity contribution in [3.8, 4) is 0 Å². The first-order valence-corrected chi connectivity index (χ1v) is 6.79. The maximum Gasteiger partial charge on any atom is 0.330 e. The van der Waals surface area contributed by atoms with Crippen LogP contribution in [0.3, 0.4) is 0 Å². The Morgan fingerprint density at radius 3 is 2.74 bits per heavy atom. The van der Waals surface area contributed by atoms with E-state index >= 15 is 0 Å². The predicted octanol–water partition coefficient (Wildman–Crippen LogP) is 0.603. The molecule has 0 radical (unpaired) electrons. The van der Waals surface area contributed by atoms with Crippen LogP contribution in [0.1, 0.15) is 13.8 Å². The molecule has 2 rings (SSSR count). The maximum atomic E-state index is 13.3. The molecule has 0 saturated heterocycles. The van der Waals surface area contributed by atoms with Crippen molar-refractivity contribution >= 4 is 22.8 Å². The Morgan fingerprint density at radius 1 is 1.39 bits per heavy atom. The van der Waals surface area contributed by atoms with E-state index in [0.717, 1.165) is 10.6 Å². The molecule has 0 spiro atoms. The van der Waals surface area contributed by atoms with Gasteiger partial charge in [-0.15, -0.1) is 0 Å². The fourth-order valence-electron chi connectivity index (χ4n) is 2.09. The zero-order valence-corrected chi connectivity index (χ0v) is 12.9. The Labute approximate surface area is 131 Å². The van der Waals surface area contributed by atoms with Gasteiger partial charge in [0.15, 0.2) is 0 Å². The SMILES string of the molecule is COC(=O)C(C)(C)NC(=O)Cn1cnc2ccc(F)cc2c1=O. The Balaban J connectivity index is 2.25. The standard InChI is InChI=1S/C15H16FN3O4/c1-15(2,14(22)23-3)18-12(20)7-19-8-17-11-5-4-9(16)6-10(11)13(19)21/h4-6,8H,7H2,1-3H3,(H,18,20). The Bertz CT molecular complexity index is 829. The van der Waals surface area contributed by atoms with Gasteiger partial charge in [-0.2, -0.15) is 0 Å². The molecule has 2 aromatic rings. The lowest BCUT2D eigenvalue weighted by molar-refractivity contribution is -0.149. The van der Waals surface area contributed by atoms with Crippen LogP contribution < -0.4 is 10.9 Å². The summed E-state index contributed by atoms with van der Waals surface area (Å²) < 4.78 is 18.9. The molecule has 0 atom stereocenters. The molecule has 1 heterocycles. The number of carbonyl (C=O) groups excluding carboxylic acids is 2. The Hall–Kier alpha value is -2.77. The van der Waals surface area contributed by atoms with Gasteiger partial charge in [-0.1, -0.05) is 0 Å². The smallest absolute Gasteiger partial charge is 0.330 e. The van der Waals surface area contributed by atoms with E-state index in [9.17, 15) is 18.8 Å². The van der Waals surface area contributed by atoms with Crippen LogP contribution in [0.15, 0.2) is 29.3 Å². The highest BCUT2D eigenvalue weighted by atomic mass is 19.1. The van der Waals surface area contributed by atoms with E-state index in [1.165, 1.54) is 39.4 Å². The average molecular weight is 321 g/mol. The summed E-state index contributed by atoms with van der Waals surface area (Å²) in [5.74, 6) is -1.75. The summed E-state index contributed by atoms with van der Waals surface area (Å²) >= 11 is 0. The summed E-state index contributed by atoms with van der Waals surface area (Å²) in [6, 6.07) is 3.65. The molecule has 1 aromatic heterocycles. The molecule has 0 unspecified atom stereocenters. The van der Waals surface area contributed by atoms with Crippen LogP contribution in [-0.4, -0.2) is 34.1 Å². The van der Waals surface area contributed by atoms with Crippen LogP contribution >= 0.6 is 0 Å². The minimum Gasteiger partial charge on any atom is -0.467 e. The highest BCUT2D eigenvalue weighted by Gasteiger charge is 2.30. The van der Waals surface area contributed by atoms with E-state index in [2.05, 4.69) is 15.0 Å². The number of carbonyl (C=O) groups is 2. The summed E-state index contributed by atoms with van der Waals surface area (Å²) in [7, 11) is 1.21. The first-order valence-electron chi connectivity index (χ1n) is 6.79. The van der Waals surface area contributed by atoms with E-state index in [1.807, 2.05) is 0 Å². The van der Waals surface area contributed by atoms with Crippen molar-refractivity contribution in [2.45, 2.75) is 25.9 Å². The number of ether oxygens (including phenoxy) is 1. The molecule has 8 heteroatoms. The van der Waals surface area contributed by atoms with Gasteiger partial charge in [0, 0.05) is 0 Å². The summed E-state index contributed by atoms with van der Waals surface area (Å²) in [6.45, 7) is 2.61. The van der Waals surface area contributed by atoms with Gasteiger partial charge in [0.25, 0.3) is 5.56 Å². The number of nitrogens with zero attached hydrogens (tertiary/aromatic N) is 2. The molecular weight excluding hydrogens is 305 g/mol. The number of amides is 1. The number of esters is 1. The molecule has 0 fully saturated rings. The first-order chi connectivity index (χ1) is 10.7. The van der Waals surface area contributed by atoms with Crippen LogP contribution in [0.4, 0.5) is 4.39 Å². The van der Waals surface area contributed by atoms with Crippen LogP contribution in [-0.2, 0) is 20.9 Å². The van der Waals surface area contributed by atoms with Crippen LogP contribution in [0.2, 0.25) is 0 Å². The molecule has 1 amide bonds. The van der Waals surface area contributed by atoms with Crippen molar-refractivity contribution in [3.05, 3.63) is 40.7 Å².